The van der Waals surface area contributed by atoms with Crippen molar-refractivity contribution in [2.75, 3.05) is 0 Å². The Morgan fingerprint density at radius 3 is 2.67 bits per heavy atom. The number of hydrogen-bond acceptors (Lipinski definition) is 3. The van der Waals surface area contributed by atoms with Crippen molar-refractivity contribution in [3.63, 3.8) is 0 Å². The van der Waals surface area contributed by atoms with Gasteiger partial charge in [0, 0.05) is 23.5 Å². The van der Waals surface area contributed by atoms with E-state index in [1.807, 2.05) is 38.1 Å². The van der Waals surface area contributed by atoms with E-state index < -0.39 is 11.5 Å². The highest BCUT2D eigenvalue weighted by Crippen LogP contribution is 2.18. The van der Waals surface area contributed by atoms with E-state index in [4.69, 9.17) is 5.11 Å². The van der Waals surface area contributed by atoms with E-state index in [1.54, 1.807) is 12.3 Å². The second kappa shape index (κ2) is 5.91. The Morgan fingerprint density at radius 2 is 1.95 bits per heavy atom. The molecule has 0 saturated carbocycles. The SMILES string of the molecule is CC(C)(CCC(=O)O)NC(=O)c1cccc2cccnc12. The number of hydrogen-bond donors (Lipinski definition) is 2. The van der Waals surface area contributed by atoms with Gasteiger partial charge in [-0.25, -0.2) is 0 Å². The molecular weight excluding hydrogens is 268 g/mol. The lowest BCUT2D eigenvalue weighted by molar-refractivity contribution is -0.137. The first-order valence-electron chi connectivity index (χ1n) is 6.77. The van der Waals surface area contributed by atoms with Crippen LogP contribution < -0.4 is 5.32 Å². The number of rotatable bonds is 5. The van der Waals surface area contributed by atoms with Gasteiger partial charge >= 0.3 is 5.97 Å². The molecule has 110 valence electrons. The van der Waals surface area contributed by atoms with Gasteiger partial charge in [-0.2, -0.15) is 0 Å². The number of carboxylic acid groups (broad SMARTS) is 1. The summed E-state index contributed by atoms with van der Waals surface area (Å²) >= 11 is 0. The molecule has 1 heterocycles. The molecule has 0 spiro atoms. The maximum Gasteiger partial charge on any atom is 0.303 e. The molecule has 21 heavy (non-hydrogen) atoms. The molecule has 5 nitrogen and oxygen atoms in total. The number of para-hydroxylation sites is 1. The summed E-state index contributed by atoms with van der Waals surface area (Å²) < 4.78 is 0. The van der Waals surface area contributed by atoms with Crippen molar-refractivity contribution in [3.8, 4) is 0 Å². The molecule has 0 aliphatic carbocycles. The number of aliphatic carboxylic acids is 1. The summed E-state index contributed by atoms with van der Waals surface area (Å²) in [5.74, 6) is -1.11. The maximum atomic E-state index is 12.4. The summed E-state index contributed by atoms with van der Waals surface area (Å²) in [5, 5.41) is 12.5. The predicted octanol–water partition coefficient (Wildman–Crippen LogP) is 2.61. The Balaban J connectivity index is 2.21. The molecule has 0 aliphatic heterocycles. The third-order valence-electron chi connectivity index (χ3n) is 3.29. The Kier molecular flexibility index (Phi) is 4.21. The monoisotopic (exact) mass is 286 g/mol. The van der Waals surface area contributed by atoms with Gasteiger partial charge in [-0.05, 0) is 32.4 Å². The molecule has 0 aliphatic rings. The zero-order chi connectivity index (χ0) is 15.5. The van der Waals surface area contributed by atoms with Crippen LogP contribution in [0.15, 0.2) is 36.5 Å². The van der Waals surface area contributed by atoms with E-state index in [2.05, 4.69) is 10.3 Å². The third-order valence-corrected chi connectivity index (χ3v) is 3.29. The van der Waals surface area contributed by atoms with Crippen LogP contribution >= 0.6 is 0 Å². The number of nitrogens with zero attached hydrogens (tertiary/aromatic N) is 1. The molecule has 0 atom stereocenters. The molecule has 0 fully saturated rings. The molecule has 1 aromatic carbocycles. The smallest absolute Gasteiger partial charge is 0.303 e. The molecule has 0 unspecified atom stereocenters. The van der Waals surface area contributed by atoms with Crippen LogP contribution in [0, 0.1) is 0 Å². The zero-order valence-corrected chi connectivity index (χ0v) is 12.1. The number of fused-ring (bicyclic) bond motifs is 1. The number of aromatic nitrogens is 1. The molecule has 1 aromatic heterocycles. The first-order valence-corrected chi connectivity index (χ1v) is 6.77. The Labute approximate surface area is 123 Å². The van der Waals surface area contributed by atoms with Crippen molar-refractivity contribution in [1.82, 2.24) is 10.3 Å². The molecule has 2 aromatic rings. The van der Waals surface area contributed by atoms with Gasteiger partial charge in [0.2, 0.25) is 0 Å². The molecule has 2 N–H and O–H groups in total. The predicted molar refractivity (Wildman–Crippen MR) is 80.2 cm³/mol. The van der Waals surface area contributed by atoms with E-state index >= 15 is 0 Å². The number of nitrogens with one attached hydrogen (secondary N) is 1. The van der Waals surface area contributed by atoms with Crippen LogP contribution in [-0.2, 0) is 4.79 Å². The maximum absolute atomic E-state index is 12.4. The fourth-order valence-electron chi connectivity index (χ4n) is 2.14. The average Bonchev–Trinajstić information content (AvgIpc) is 2.44. The standard InChI is InChI=1S/C16H18N2O3/c1-16(2,9-8-13(19)20)18-15(21)12-7-3-5-11-6-4-10-17-14(11)12/h3-7,10H,8-9H2,1-2H3,(H,18,21)(H,19,20). The molecule has 1 amide bonds. The lowest BCUT2D eigenvalue weighted by atomic mass is 9.97. The second-order valence-electron chi connectivity index (χ2n) is 5.61. The van der Waals surface area contributed by atoms with Crippen molar-refractivity contribution < 1.29 is 14.7 Å². The van der Waals surface area contributed by atoms with E-state index in [0.717, 1.165) is 5.39 Å². The van der Waals surface area contributed by atoms with Gasteiger partial charge < -0.3 is 10.4 Å². The topological polar surface area (TPSA) is 79.3 Å². The summed E-state index contributed by atoms with van der Waals surface area (Å²) in [6.45, 7) is 3.62. The van der Waals surface area contributed by atoms with Crippen LogP contribution in [0.4, 0.5) is 0 Å². The van der Waals surface area contributed by atoms with Gasteiger partial charge in [0.25, 0.3) is 5.91 Å². The summed E-state index contributed by atoms with van der Waals surface area (Å²) in [4.78, 5) is 27.3. The van der Waals surface area contributed by atoms with Gasteiger partial charge in [0.15, 0.2) is 0 Å². The number of carbonyl (C=O) groups is 2. The molecule has 0 radical (unpaired) electrons. The highest BCUT2D eigenvalue weighted by atomic mass is 16.4. The Hall–Kier alpha value is -2.43. The van der Waals surface area contributed by atoms with Gasteiger partial charge in [-0.1, -0.05) is 18.2 Å². The third kappa shape index (κ3) is 3.78. The van der Waals surface area contributed by atoms with Gasteiger partial charge in [-0.3, -0.25) is 14.6 Å². The van der Waals surface area contributed by atoms with Gasteiger partial charge in [0.05, 0.1) is 11.1 Å². The molecule has 0 bridgehead atoms. The van der Waals surface area contributed by atoms with Crippen molar-refractivity contribution in [3.05, 3.63) is 42.1 Å². The van der Waals surface area contributed by atoms with E-state index in [0.29, 0.717) is 17.5 Å². The summed E-state index contributed by atoms with van der Waals surface area (Å²) in [7, 11) is 0. The second-order valence-corrected chi connectivity index (χ2v) is 5.61. The van der Waals surface area contributed by atoms with E-state index in [-0.39, 0.29) is 12.3 Å². The Bertz CT molecular complexity index is 675. The molecular formula is C16H18N2O3. The van der Waals surface area contributed by atoms with E-state index in [9.17, 15) is 9.59 Å². The number of carboxylic acids is 1. The largest absolute Gasteiger partial charge is 0.481 e. The van der Waals surface area contributed by atoms with Crippen LogP contribution in [-0.4, -0.2) is 27.5 Å². The summed E-state index contributed by atoms with van der Waals surface area (Å²) in [6, 6.07) is 9.14. The van der Waals surface area contributed by atoms with Crippen molar-refractivity contribution in [2.45, 2.75) is 32.2 Å². The number of pyridine rings is 1. The van der Waals surface area contributed by atoms with Crippen molar-refractivity contribution in [1.29, 1.82) is 0 Å². The van der Waals surface area contributed by atoms with E-state index in [1.165, 1.54) is 0 Å². The normalized spacial score (nSPS) is 11.3. The quantitative estimate of drug-likeness (QED) is 0.885. The fourth-order valence-corrected chi connectivity index (χ4v) is 2.14. The molecule has 5 heteroatoms. The first-order chi connectivity index (χ1) is 9.89. The lowest BCUT2D eigenvalue weighted by Crippen LogP contribution is -2.43. The first kappa shape index (κ1) is 15.0. The minimum Gasteiger partial charge on any atom is -0.481 e. The average molecular weight is 286 g/mol. The Morgan fingerprint density at radius 1 is 1.24 bits per heavy atom. The van der Waals surface area contributed by atoms with Crippen LogP contribution in [0.5, 0.6) is 0 Å². The van der Waals surface area contributed by atoms with Crippen LogP contribution in [0.2, 0.25) is 0 Å². The number of carbonyl (C=O) groups excluding carboxylic acids is 1. The molecule has 0 saturated heterocycles. The summed E-state index contributed by atoms with van der Waals surface area (Å²) in [6.07, 6.45) is 2.03. The van der Waals surface area contributed by atoms with Crippen molar-refractivity contribution >= 4 is 22.8 Å². The highest BCUT2D eigenvalue weighted by molar-refractivity contribution is 6.05. The van der Waals surface area contributed by atoms with Crippen LogP contribution in [0.25, 0.3) is 10.9 Å². The van der Waals surface area contributed by atoms with Crippen molar-refractivity contribution in [2.24, 2.45) is 0 Å². The number of amides is 1. The zero-order valence-electron chi connectivity index (χ0n) is 12.1. The number of benzene rings is 1. The minimum atomic E-state index is -0.871. The van der Waals surface area contributed by atoms with Gasteiger partial charge in [-0.15, -0.1) is 0 Å². The van der Waals surface area contributed by atoms with Crippen LogP contribution in [0.1, 0.15) is 37.0 Å². The minimum absolute atomic E-state index is 0.0149. The highest BCUT2D eigenvalue weighted by Gasteiger charge is 2.23. The van der Waals surface area contributed by atoms with Crippen LogP contribution in [0.3, 0.4) is 0 Å². The lowest BCUT2D eigenvalue weighted by Gasteiger charge is -2.25. The fraction of sp³-hybridized carbons (Fsp3) is 0.312. The van der Waals surface area contributed by atoms with Gasteiger partial charge in [0.1, 0.15) is 0 Å². The summed E-state index contributed by atoms with van der Waals surface area (Å²) in [5.41, 5.74) is 0.551. The molecule has 2 rings (SSSR count).